The van der Waals surface area contributed by atoms with Gasteiger partial charge >= 0.3 is 6.09 Å². The molecule has 1 aliphatic rings. The van der Waals surface area contributed by atoms with Gasteiger partial charge in [0.25, 0.3) is 0 Å². The highest BCUT2D eigenvalue weighted by Crippen LogP contribution is 2.52. The zero-order chi connectivity index (χ0) is 22.1. The molecule has 29 heavy (non-hydrogen) atoms. The van der Waals surface area contributed by atoms with E-state index in [-0.39, 0.29) is 35.3 Å². The lowest BCUT2D eigenvalue weighted by molar-refractivity contribution is -0.132. The second kappa shape index (κ2) is 8.34. The van der Waals surface area contributed by atoms with Crippen LogP contribution >= 0.6 is 0 Å². The molecule has 4 N–H and O–H groups in total. The van der Waals surface area contributed by atoms with E-state index in [0.717, 1.165) is 18.9 Å². The van der Waals surface area contributed by atoms with Crippen LogP contribution in [-0.2, 0) is 15.1 Å². The summed E-state index contributed by atoms with van der Waals surface area (Å²) in [5, 5.41) is 0. The lowest BCUT2D eigenvalue weighted by Gasteiger charge is -2.49. The Balaban J connectivity index is 2.51. The largest absolute Gasteiger partial charge is 0.444 e. The van der Waals surface area contributed by atoms with Gasteiger partial charge in [0, 0.05) is 38.2 Å². The van der Waals surface area contributed by atoms with Crippen LogP contribution in [0.4, 0.5) is 25.0 Å². The van der Waals surface area contributed by atoms with Gasteiger partial charge in [-0.2, -0.15) is 0 Å². The minimum Gasteiger partial charge on any atom is -0.444 e. The molecule has 1 fully saturated rings. The topological polar surface area (TPSA) is 90.8 Å². The van der Waals surface area contributed by atoms with Crippen LogP contribution in [0.1, 0.15) is 52.5 Å². The molecule has 1 aromatic carbocycles. The molecule has 164 valence electrons. The summed E-state index contributed by atoms with van der Waals surface area (Å²) in [6.07, 6.45) is 1.77. The van der Waals surface area contributed by atoms with E-state index < -0.39 is 28.9 Å². The zero-order valence-corrected chi connectivity index (χ0v) is 18.1. The fourth-order valence-electron chi connectivity index (χ4n) is 4.44. The first-order chi connectivity index (χ1) is 13.3. The molecular formula is C21H33F2N3O3. The van der Waals surface area contributed by atoms with Crippen molar-refractivity contribution >= 4 is 17.5 Å². The monoisotopic (exact) mass is 413 g/mol. The summed E-state index contributed by atoms with van der Waals surface area (Å²) >= 11 is 0. The molecule has 1 amide bonds. The van der Waals surface area contributed by atoms with E-state index in [1.54, 1.807) is 27.8 Å². The number of ether oxygens (including phenoxy) is 2. The number of nitrogen functional groups attached to an aromatic ring is 2. The first kappa shape index (κ1) is 23.2. The number of methoxy groups -OCH3 is 1. The molecule has 2 rings (SSSR count). The van der Waals surface area contributed by atoms with E-state index in [2.05, 4.69) is 0 Å². The normalized spacial score (nSPS) is 25.0. The zero-order valence-electron chi connectivity index (χ0n) is 18.1. The van der Waals surface area contributed by atoms with Crippen LogP contribution in [0.2, 0.25) is 0 Å². The predicted octanol–water partition coefficient (Wildman–Crippen LogP) is 4.27. The lowest BCUT2D eigenvalue weighted by atomic mass is 9.64. The Morgan fingerprint density at radius 2 is 1.93 bits per heavy atom. The number of amides is 1. The molecule has 0 radical (unpaired) electrons. The number of carbonyl (C=O) groups is 1. The summed E-state index contributed by atoms with van der Waals surface area (Å²) < 4.78 is 40.6. The number of hydrogen-bond acceptors (Lipinski definition) is 5. The van der Waals surface area contributed by atoms with Crippen molar-refractivity contribution in [2.24, 2.45) is 11.8 Å². The smallest absolute Gasteiger partial charge is 0.410 e. The molecular weight excluding hydrogens is 380 g/mol. The quantitative estimate of drug-likeness (QED) is 0.719. The van der Waals surface area contributed by atoms with Crippen LogP contribution in [0.5, 0.6) is 0 Å². The number of halogens is 2. The summed E-state index contributed by atoms with van der Waals surface area (Å²) in [7, 11) is 3.08. The molecule has 1 saturated carbocycles. The molecule has 3 atom stereocenters. The number of benzene rings is 1. The van der Waals surface area contributed by atoms with Crippen LogP contribution in [0.25, 0.3) is 0 Å². The summed E-state index contributed by atoms with van der Waals surface area (Å²) in [5.74, 6) is -2.62. The van der Waals surface area contributed by atoms with Gasteiger partial charge in [-0.05, 0) is 39.5 Å². The highest BCUT2D eigenvalue weighted by Gasteiger charge is 2.51. The Hall–Kier alpha value is -2.09. The Morgan fingerprint density at radius 3 is 2.48 bits per heavy atom. The van der Waals surface area contributed by atoms with Crippen molar-refractivity contribution in [3.8, 4) is 0 Å². The second-order valence-corrected chi connectivity index (χ2v) is 8.94. The molecule has 0 bridgehead atoms. The van der Waals surface area contributed by atoms with Crippen LogP contribution in [0.15, 0.2) is 6.07 Å². The SMILES string of the molecule is COC1(c2c(N)c(N)cc(F)c2F)C(C)CCCC1CN(C)C(=O)OC(C)(C)C. The van der Waals surface area contributed by atoms with Crippen molar-refractivity contribution in [2.45, 2.75) is 58.2 Å². The number of rotatable bonds is 4. The molecule has 0 aliphatic heterocycles. The third kappa shape index (κ3) is 4.42. The summed E-state index contributed by atoms with van der Waals surface area (Å²) in [6.45, 7) is 7.51. The molecule has 0 spiro atoms. The standard InChI is InChI=1S/C21H33F2N3O3/c1-12-8-7-9-13(11-26(5)19(27)29-20(2,3)4)21(12,28-6)16-17(23)14(22)10-15(24)18(16)25/h10,12-13H,7-9,11,24-25H2,1-6H3. The van der Waals surface area contributed by atoms with Gasteiger partial charge < -0.3 is 25.8 Å². The Labute approximate surface area is 171 Å². The number of hydrogen-bond donors (Lipinski definition) is 2. The van der Waals surface area contributed by atoms with E-state index in [1.807, 2.05) is 6.92 Å². The van der Waals surface area contributed by atoms with Crippen molar-refractivity contribution in [1.29, 1.82) is 0 Å². The van der Waals surface area contributed by atoms with Crippen LogP contribution in [0, 0.1) is 23.5 Å². The highest BCUT2D eigenvalue weighted by atomic mass is 19.2. The van der Waals surface area contributed by atoms with Gasteiger partial charge in [0.05, 0.1) is 11.4 Å². The predicted molar refractivity (Wildman–Crippen MR) is 109 cm³/mol. The van der Waals surface area contributed by atoms with Gasteiger partial charge in [0.15, 0.2) is 11.6 Å². The fraction of sp³-hybridized carbons (Fsp3) is 0.667. The average Bonchev–Trinajstić information content (AvgIpc) is 2.61. The van der Waals surface area contributed by atoms with Crippen molar-refractivity contribution in [1.82, 2.24) is 4.90 Å². The van der Waals surface area contributed by atoms with Gasteiger partial charge in [-0.15, -0.1) is 0 Å². The number of nitrogens with two attached hydrogens (primary N) is 2. The van der Waals surface area contributed by atoms with Gasteiger partial charge in [-0.3, -0.25) is 0 Å². The summed E-state index contributed by atoms with van der Waals surface area (Å²) in [4.78, 5) is 13.9. The fourth-order valence-corrected chi connectivity index (χ4v) is 4.44. The average molecular weight is 414 g/mol. The van der Waals surface area contributed by atoms with Gasteiger partial charge in [0.2, 0.25) is 0 Å². The van der Waals surface area contributed by atoms with Crippen molar-refractivity contribution in [3.05, 3.63) is 23.3 Å². The maximum absolute atomic E-state index is 15.0. The van der Waals surface area contributed by atoms with E-state index >= 15 is 4.39 Å². The third-order valence-electron chi connectivity index (χ3n) is 5.75. The molecule has 8 heteroatoms. The van der Waals surface area contributed by atoms with Gasteiger partial charge in [0.1, 0.15) is 11.2 Å². The maximum atomic E-state index is 15.0. The van der Waals surface area contributed by atoms with Crippen LogP contribution < -0.4 is 11.5 Å². The van der Waals surface area contributed by atoms with E-state index in [0.29, 0.717) is 6.42 Å². The molecule has 0 saturated heterocycles. The van der Waals surface area contributed by atoms with Gasteiger partial charge in [-0.25, -0.2) is 13.6 Å². The molecule has 3 unspecified atom stereocenters. The maximum Gasteiger partial charge on any atom is 0.410 e. The van der Waals surface area contributed by atoms with Crippen molar-refractivity contribution in [3.63, 3.8) is 0 Å². The third-order valence-corrected chi connectivity index (χ3v) is 5.75. The van der Waals surface area contributed by atoms with E-state index in [9.17, 15) is 9.18 Å². The number of carbonyl (C=O) groups excluding carboxylic acids is 1. The molecule has 1 aliphatic carbocycles. The van der Waals surface area contributed by atoms with Crippen molar-refractivity contribution in [2.75, 3.05) is 32.2 Å². The van der Waals surface area contributed by atoms with Crippen LogP contribution in [0.3, 0.4) is 0 Å². The molecule has 1 aromatic rings. The second-order valence-electron chi connectivity index (χ2n) is 8.94. The highest BCUT2D eigenvalue weighted by molar-refractivity contribution is 5.70. The Morgan fingerprint density at radius 1 is 1.31 bits per heavy atom. The number of anilines is 2. The Bertz CT molecular complexity index is 740. The van der Waals surface area contributed by atoms with Crippen LogP contribution in [-0.4, -0.2) is 37.3 Å². The molecule has 0 heterocycles. The number of nitrogens with zero attached hydrogens (tertiary/aromatic N) is 1. The van der Waals surface area contributed by atoms with E-state index in [4.69, 9.17) is 20.9 Å². The molecule has 6 nitrogen and oxygen atoms in total. The Kier molecular flexibility index (Phi) is 6.67. The van der Waals surface area contributed by atoms with Gasteiger partial charge in [-0.1, -0.05) is 13.3 Å². The molecule has 0 aromatic heterocycles. The summed E-state index contributed by atoms with van der Waals surface area (Å²) in [5.41, 5.74) is 9.99. The first-order valence-corrected chi connectivity index (χ1v) is 9.87. The minimum absolute atomic E-state index is 0.0237. The summed E-state index contributed by atoms with van der Waals surface area (Å²) in [6, 6.07) is 0.882. The first-order valence-electron chi connectivity index (χ1n) is 9.87. The van der Waals surface area contributed by atoms with E-state index in [1.165, 1.54) is 12.0 Å². The van der Waals surface area contributed by atoms with Crippen molar-refractivity contribution < 1.29 is 23.0 Å². The lowest BCUT2D eigenvalue weighted by Crippen LogP contribution is -2.51. The minimum atomic E-state index is -1.22.